The molecule has 2 aromatic heterocycles. The van der Waals surface area contributed by atoms with Gasteiger partial charge in [-0.3, -0.25) is 4.98 Å². The lowest BCUT2D eigenvalue weighted by molar-refractivity contribution is 0.277. The highest BCUT2D eigenvalue weighted by molar-refractivity contribution is 5.74. The molecule has 3 rings (SSSR count). The number of imidazole rings is 1. The van der Waals surface area contributed by atoms with Crippen LogP contribution in [0.4, 0.5) is 0 Å². The molecule has 1 N–H and O–H groups in total. The van der Waals surface area contributed by atoms with Gasteiger partial charge in [-0.15, -0.1) is 0 Å². The molecular formula is C14H20N4. The highest BCUT2D eigenvalue weighted by Gasteiger charge is 2.36. The number of nitrogens with one attached hydrogen (secondary N) is 1. The number of pyridine rings is 1. The van der Waals surface area contributed by atoms with Gasteiger partial charge in [-0.25, -0.2) is 4.98 Å². The zero-order valence-electron chi connectivity index (χ0n) is 11.1. The van der Waals surface area contributed by atoms with Crippen LogP contribution in [0.25, 0.3) is 11.0 Å². The minimum Gasteiger partial charge on any atom is -0.331 e. The molecule has 0 unspecified atom stereocenters. The number of aryl methyl sites for hydroxylation is 1. The Morgan fingerprint density at radius 1 is 1.39 bits per heavy atom. The van der Waals surface area contributed by atoms with Crippen molar-refractivity contribution in [2.24, 2.45) is 7.05 Å². The van der Waals surface area contributed by atoms with Crippen molar-refractivity contribution in [3.63, 3.8) is 0 Å². The lowest BCUT2D eigenvalue weighted by Crippen LogP contribution is -2.41. The third-order valence-corrected chi connectivity index (χ3v) is 4.39. The fraction of sp³-hybridized carbons (Fsp3) is 0.571. The molecule has 1 fully saturated rings. The normalized spacial score (nSPS) is 19.2. The summed E-state index contributed by atoms with van der Waals surface area (Å²) < 4.78 is 2.26. The summed E-state index contributed by atoms with van der Waals surface area (Å²) in [6.07, 6.45) is 7.21. The Bertz CT molecular complexity index is 552. The summed E-state index contributed by atoms with van der Waals surface area (Å²) in [5.41, 5.74) is 2.44. The van der Waals surface area contributed by atoms with Crippen molar-refractivity contribution in [3.8, 4) is 0 Å². The van der Waals surface area contributed by atoms with Crippen molar-refractivity contribution in [2.75, 3.05) is 13.1 Å². The molecule has 0 spiro atoms. The predicted molar refractivity (Wildman–Crippen MR) is 72.6 cm³/mol. The van der Waals surface area contributed by atoms with Gasteiger partial charge in [0.2, 0.25) is 0 Å². The topological polar surface area (TPSA) is 42.7 Å². The molecule has 1 aliphatic heterocycles. The summed E-state index contributed by atoms with van der Waals surface area (Å²) in [7, 11) is 2.13. The van der Waals surface area contributed by atoms with E-state index in [0.717, 1.165) is 25.0 Å². The molecule has 0 bridgehead atoms. The van der Waals surface area contributed by atoms with E-state index >= 15 is 0 Å². The largest absolute Gasteiger partial charge is 0.331 e. The first-order valence-corrected chi connectivity index (χ1v) is 6.74. The summed E-state index contributed by atoms with van der Waals surface area (Å²) in [6, 6.07) is 2.05. The minimum atomic E-state index is 0.235. The average Bonchev–Trinajstić information content (AvgIpc) is 2.78. The first-order chi connectivity index (χ1) is 8.77. The minimum absolute atomic E-state index is 0.235. The fourth-order valence-corrected chi connectivity index (χ4v) is 3.17. The molecule has 4 nitrogen and oxygen atoms in total. The van der Waals surface area contributed by atoms with E-state index in [9.17, 15) is 0 Å². The molecule has 0 aliphatic carbocycles. The lowest BCUT2D eigenvalue weighted by Gasteiger charge is -2.36. The molecule has 3 heterocycles. The Balaban J connectivity index is 2.14. The van der Waals surface area contributed by atoms with Crippen LogP contribution in [-0.2, 0) is 12.5 Å². The summed E-state index contributed by atoms with van der Waals surface area (Å²) in [5.74, 6) is 1.23. The quantitative estimate of drug-likeness (QED) is 0.878. The van der Waals surface area contributed by atoms with Crippen LogP contribution in [0.3, 0.4) is 0 Å². The van der Waals surface area contributed by atoms with Gasteiger partial charge in [0.25, 0.3) is 0 Å². The summed E-state index contributed by atoms with van der Waals surface area (Å²) in [4.78, 5) is 9.02. The van der Waals surface area contributed by atoms with Gasteiger partial charge in [-0.05, 0) is 38.4 Å². The van der Waals surface area contributed by atoms with Gasteiger partial charge in [0.05, 0.1) is 11.7 Å². The van der Waals surface area contributed by atoms with Crippen molar-refractivity contribution in [3.05, 3.63) is 24.3 Å². The maximum absolute atomic E-state index is 4.85. The first kappa shape index (κ1) is 11.7. The smallest absolute Gasteiger partial charge is 0.116 e. The van der Waals surface area contributed by atoms with Crippen LogP contribution in [-0.4, -0.2) is 27.6 Å². The van der Waals surface area contributed by atoms with Crippen molar-refractivity contribution >= 4 is 11.0 Å². The Morgan fingerprint density at radius 3 is 2.83 bits per heavy atom. The average molecular weight is 244 g/mol. The van der Waals surface area contributed by atoms with Gasteiger partial charge in [0.15, 0.2) is 0 Å². The van der Waals surface area contributed by atoms with Crippen LogP contribution in [0.5, 0.6) is 0 Å². The van der Waals surface area contributed by atoms with Crippen molar-refractivity contribution in [1.29, 1.82) is 0 Å². The Kier molecular flexibility index (Phi) is 2.82. The van der Waals surface area contributed by atoms with Crippen LogP contribution >= 0.6 is 0 Å². The summed E-state index contributed by atoms with van der Waals surface area (Å²) >= 11 is 0. The molecule has 96 valence electrons. The van der Waals surface area contributed by atoms with E-state index in [2.05, 4.69) is 34.9 Å². The van der Waals surface area contributed by atoms with Crippen molar-refractivity contribution in [1.82, 2.24) is 19.9 Å². The van der Waals surface area contributed by atoms with Gasteiger partial charge in [-0.2, -0.15) is 0 Å². The summed E-state index contributed by atoms with van der Waals surface area (Å²) in [5, 5.41) is 3.45. The van der Waals surface area contributed by atoms with Gasteiger partial charge >= 0.3 is 0 Å². The van der Waals surface area contributed by atoms with Gasteiger partial charge < -0.3 is 9.88 Å². The SMILES string of the molecule is CCC1(c2nc3cnccc3n2C)CCNCC1. The molecule has 4 heteroatoms. The van der Waals surface area contributed by atoms with E-state index in [1.165, 1.54) is 24.2 Å². The molecule has 0 aromatic carbocycles. The first-order valence-electron chi connectivity index (χ1n) is 6.74. The zero-order valence-corrected chi connectivity index (χ0v) is 11.1. The molecule has 0 saturated carbocycles. The van der Waals surface area contributed by atoms with Gasteiger partial charge in [0.1, 0.15) is 11.3 Å². The van der Waals surface area contributed by atoms with Crippen LogP contribution in [0, 0.1) is 0 Å². The van der Waals surface area contributed by atoms with Crippen LogP contribution in [0.15, 0.2) is 18.5 Å². The van der Waals surface area contributed by atoms with Crippen molar-refractivity contribution < 1.29 is 0 Å². The van der Waals surface area contributed by atoms with E-state index < -0.39 is 0 Å². The molecular weight excluding hydrogens is 224 g/mol. The molecule has 1 aliphatic rings. The maximum Gasteiger partial charge on any atom is 0.116 e. The second kappa shape index (κ2) is 4.35. The van der Waals surface area contributed by atoms with Crippen LogP contribution in [0.2, 0.25) is 0 Å². The third-order valence-electron chi connectivity index (χ3n) is 4.39. The van der Waals surface area contributed by atoms with Crippen molar-refractivity contribution in [2.45, 2.75) is 31.6 Å². The molecule has 0 amide bonds. The second-order valence-electron chi connectivity index (χ2n) is 5.24. The number of hydrogen-bond acceptors (Lipinski definition) is 3. The second-order valence-corrected chi connectivity index (χ2v) is 5.24. The Hall–Kier alpha value is -1.42. The maximum atomic E-state index is 4.85. The Morgan fingerprint density at radius 2 is 2.17 bits per heavy atom. The number of piperidine rings is 1. The zero-order chi connectivity index (χ0) is 12.6. The molecule has 0 atom stereocenters. The fourth-order valence-electron chi connectivity index (χ4n) is 3.17. The number of fused-ring (bicyclic) bond motifs is 1. The van der Waals surface area contributed by atoms with E-state index in [1.807, 2.05) is 12.4 Å². The van der Waals surface area contributed by atoms with E-state index in [0.29, 0.717) is 0 Å². The summed E-state index contributed by atoms with van der Waals surface area (Å²) in [6.45, 7) is 4.47. The van der Waals surface area contributed by atoms with E-state index in [1.54, 1.807) is 0 Å². The van der Waals surface area contributed by atoms with E-state index in [-0.39, 0.29) is 5.41 Å². The predicted octanol–water partition coefficient (Wildman–Crippen LogP) is 2.00. The molecule has 18 heavy (non-hydrogen) atoms. The Labute approximate surface area is 107 Å². The van der Waals surface area contributed by atoms with Crippen LogP contribution < -0.4 is 5.32 Å². The molecule has 2 aromatic rings. The number of rotatable bonds is 2. The highest BCUT2D eigenvalue weighted by atomic mass is 15.1. The monoisotopic (exact) mass is 244 g/mol. The van der Waals surface area contributed by atoms with Crippen LogP contribution in [0.1, 0.15) is 32.0 Å². The molecule has 0 radical (unpaired) electrons. The van der Waals surface area contributed by atoms with Gasteiger partial charge in [-0.1, -0.05) is 6.92 Å². The molecule has 1 saturated heterocycles. The lowest BCUT2D eigenvalue weighted by atomic mass is 9.76. The third kappa shape index (κ3) is 1.63. The van der Waals surface area contributed by atoms with Gasteiger partial charge in [0, 0.05) is 18.7 Å². The number of nitrogens with zero attached hydrogens (tertiary/aromatic N) is 3. The standard InChI is InChI=1S/C14H20N4/c1-3-14(5-8-15-9-6-14)13-17-11-10-16-7-4-12(11)18(13)2/h4,7,10,15H,3,5-6,8-9H2,1-2H3. The number of hydrogen-bond donors (Lipinski definition) is 1. The number of aromatic nitrogens is 3. The highest BCUT2D eigenvalue weighted by Crippen LogP contribution is 2.36. The van der Waals surface area contributed by atoms with E-state index in [4.69, 9.17) is 4.98 Å².